The quantitative estimate of drug-likeness (QED) is 0.496. The Morgan fingerprint density at radius 1 is 0.966 bits per heavy atom. The first kappa shape index (κ1) is 17.8. The van der Waals surface area contributed by atoms with Gasteiger partial charge in [0.15, 0.2) is 0 Å². The molecule has 1 unspecified atom stereocenters. The highest BCUT2D eigenvalue weighted by atomic mass is 32.1. The van der Waals surface area contributed by atoms with Crippen LogP contribution in [-0.4, -0.2) is 38.9 Å². The average Bonchev–Trinajstić information content (AvgIpc) is 3.55. The molecule has 1 saturated heterocycles. The monoisotopic (exact) mass is 400 g/mol. The number of benzene rings is 2. The van der Waals surface area contributed by atoms with Gasteiger partial charge in [0.25, 0.3) is 5.91 Å². The van der Waals surface area contributed by atoms with Gasteiger partial charge in [-0.3, -0.25) is 4.79 Å². The summed E-state index contributed by atoms with van der Waals surface area (Å²) in [6, 6.07) is 22.2. The smallest absolute Gasteiger partial charge is 0.253 e. The Morgan fingerprint density at radius 2 is 1.79 bits per heavy atom. The minimum atomic E-state index is 0.0774. The number of thiophene rings is 1. The van der Waals surface area contributed by atoms with Crippen LogP contribution in [0.1, 0.15) is 22.8 Å². The molecule has 1 amide bonds. The fourth-order valence-corrected chi connectivity index (χ4v) is 4.47. The summed E-state index contributed by atoms with van der Waals surface area (Å²) >= 11 is 1.70. The first-order valence-corrected chi connectivity index (χ1v) is 10.6. The summed E-state index contributed by atoms with van der Waals surface area (Å²) in [5, 5.41) is 10.7. The van der Waals surface area contributed by atoms with E-state index >= 15 is 0 Å². The van der Waals surface area contributed by atoms with Gasteiger partial charge in [0.2, 0.25) is 0 Å². The minimum absolute atomic E-state index is 0.0774. The van der Waals surface area contributed by atoms with Gasteiger partial charge in [0.1, 0.15) is 5.69 Å². The van der Waals surface area contributed by atoms with E-state index in [1.165, 1.54) is 4.88 Å². The van der Waals surface area contributed by atoms with Crippen molar-refractivity contribution in [2.75, 3.05) is 13.1 Å². The van der Waals surface area contributed by atoms with Crippen LogP contribution in [0.2, 0.25) is 0 Å². The van der Waals surface area contributed by atoms with Crippen molar-refractivity contribution in [2.24, 2.45) is 0 Å². The Kier molecular flexibility index (Phi) is 4.69. The molecule has 6 heteroatoms. The highest BCUT2D eigenvalue weighted by molar-refractivity contribution is 7.13. The normalized spacial score (nSPS) is 16.3. The lowest BCUT2D eigenvalue weighted by Gasteiger charge is -2.16. The molecule has 2 aromatic heterocycles. The molecule has 0 radical (unpaired) electrons. The number of rotatable bonds is 4. The third kappa shape index (κ3) is 3.59. The largest absolute Gasteiger partial charge is 0.336 e. The Labute approximate surface area is 173 Å². The van der Waals surface area contributed by atoms with Crippen LogP contribution in [0.4, 0.5) is 0 Å². The predicted octanol–water partition coefficient (Wildman–Crippen LogP) is 4.76. The van der Waals surface area contributed by atoms with Crippen LogP contribution in [0, 0.1) is 0 Å². The van der Waals surface area contributed by atoms with Crippen molar-refractivity contribution in [3.63, 3.8) is 0 Å². The first-order valence-electron chi connectivity index (χ1n) is 9.68. The Balaban J connectivity index is 1.27. The number of hydrogen-bond acceptors (Lipinski definition) is 4. The molecule has 4 aromatic rings. The molecule has 1 fully saturated rings. The van der Waals surface area contributed by atoms with Crippen molar-refractivity contribution in [3.05, 3.63) is 83.9 Å². The molecule has 0 aliphatic carbocycles. The minimum Gasteiger partial charge on any atom is -0.336 e. The summed E-state index contributed by atoms with van der Waals surface area (Å²) in [5.41, 5.74) is 3.79. The zero-order valence-corrected chi connectivity index (χ0v) is 16.6. The van der Waals surface area contributed by atoms with Gasteiger partial charge in [-0.15, -0.1) is 16.4 Å². The van der Waals surface area contributed by atoms with E-state index in [1.54, 1.807) is 11.3 Å². The van der Waals surface area contributed by atoms with Crippen LogP contribution in [-0.2, 0) is 0 Å². The number of carbonyl (C=O) groups excluding carboxylic acids is 1. The second-order valence-corrected chi connectivity index (χ2v) is 8.15. The van der Waals surface area contributed by atoms with Gasteiger partial charge in [-0.25, -0.2) is 4.68 Å². The van der Waals surface area contributed by atoms with E-state index in [1.807, 2.05) is 76.4 Å². The molecule has 5 rings (SSSR count). The summed E-state index contributed by atoms with van der Waals surface area (Å²) in [6.45, 7) is 1.39. The number of aromatic nitrogens is 3. The van der Waals surface area contributed by atoms with Crippen LogP contribution < -0.4 is 0 Å². The van der Waals surface area contributed by atoms with Gasteiger partial charge in [0.05, 0.1) is 12.2 Å². The van der Waals surface area contributed by atoms with E-state index in [4.69, 9.17) is 0 Å². The van der Waals surface area contributed by atoms with Gasteiger partial charge >= 0.3 is 0 Å². The lowest BCUT2D eigenvalue weighted by molar-refractivity contribution is 0.0787. The Bertz CT molecular complexity index is 1100. The number of nitrogens with zero attached hydrogens (tertiary/aromatic N) is 4. The summed E-state index contributed by atoms with van der Waals surface area (Å²) in [5.74, 6) is 0.0774. The molecule has 0 N–H and O–H groups in total. The molecule has 3 heterocycles. The molecule has 1 aliphatic rings. The van der Waals surface area contributed by atoms with Crippen LogP contribution >= 0.6 is 11.3 Å². The van der Waals surface area contributed by atoms with Crippen LogP contribution in [0.3, 0.4) is 0 Å². The van der Waals surface area contributed by atoms with Crippen LogP contribution in [0.25, 0.3) is 21.7 Å². The number of likely N-dealkylation sites (tertiary alicyclic amines) is 1. The summed E-state index contributed by atoms with van der Waals surface area (Å²) in [7, 11) is 0. The van der Waals surface area contributed by atoms with Crippen molar-refractivity contribution in [2.45, 2.75) is 12.5 Å². The van der Waals surface area contributed by atoms with Crippen molar-refractivity contribution in [1.29, 1.82) is 0 Å². The zero-order valence-electron chi connectivity index (χ0n) is 15.8. The third-order valence-corrected chi connectivity index (χ3v) is 6.26. The topological polar surface area (TPSA) is 51.0 Å². The van der Waals surface area contributed by atoms with E-state index in [9.17, 15) is 4.79 Å². The summed E-state index contributed by atoms with van der Waals surface area (Å²) in [4.78, 5) is 16.1. The highest BCUT2D eigenvalue weighted by Crippen LogP contribution is 2.27. The summed E-state index contributed by atoms with van der Waals surface area (Å²) < 4.78 is 1.90. The van der Waals surface area contributed by atoms with Gasteiger partial charge < -0.3 is 4.90 Å². The zero-order chi connectivity index (χ0) is 19.6. The lowest BCUT2D eigenvalue weighted by atomic mass is 10.1. The maximum atomic E-state index is 12.9. The second kappa shape index (κ2) is 7.64. The second-order valence-electron chi connectivity index (χ2n) is 7.20. The molecule has 1 atom stereocenters. The molecule has 144 valence electrons. The van der Waals surface area contributed by atoms with Gasteiger partial charge in [0, 0.05) is 29.1 Å². The molecule has 0 spiro atoms. The van der Waals surface area contributed by atoms with E-state index in [0.29, 0.717) is 6.54 Å². The summed E-state index contributed by atoms with van der Waals surface area (Å²) in [6.07, 6.45) is 2.86. The Hall–Kier alpha value is -3.25. The van der Waals surface area contributed by atoms with E-state index in [0.717, 1.165) is 35.3 Å². The molecule has 2 aromatic carbocycles. The molecule has 0 bridgehead atoms. The fourth-order valence-electron chi connectivity index (χ4n) is 3.74. The van der Waals surface area contributed by atoms with Crippen LogP contribution in [0.15, 0.2) is 78.3 Å². The van der Waals surface area contributed by atoms with Crippen molar-refractivity contribution >= 4 is 17.2 Å². The average molecular weight is 401 g/mol. The van der Waals surface area contributed by atoms with Gasteiger partial charge in [-0.2, -0.15) is 0 Å². The third-order valence-electron chi connectivity index (χ3n) is 5.34. The predicted molar refractivity (Wildman–Crippen MR) is 115 cm³/mol. The molecule has 0 saturated carbocycles. The van der Waals surface area contributed by atoms with Crippen molar-refractivity contribution < 1.29 is 4.79 Å². The number of carbonyl (C=O) groups is 1. The van der Waals surface area contributed by atoms with E-state index < -0.39 is 0 Å². The molecule has 5 nitrogen and oxygen atoms in total. The highest BCUT2D eigenvalue weighted by Gasteiger charge is 2.29. The lowest BCUT2D eigenvalue weighted by Crippen LogP contribution is -2.29. The fraction of sp³-hybridized carbons (Fsp3) is 0.174. The molecule has 29 heavy (non-hydrogen) atoms. The van der Waals surface area contributed by atoms with E-state index in [2.05, 4.69) is 21.8 Å². The number of hydrogen-bond donors (Lipinski definition) is 0. The van der Waals surface area contributed by atoms with Crippen LogP contribution in [0.5, 0.6) is 0 Å². The molecule has 1 aliphatic heterocycles. The molecular formula is C23H20N4OS. The first-order chi connectivity index (χ1) is 14.3. The maximum absolute atomic E-state index is 12.9. The standard InChI is InChI=1S/C23H20N4OS/c28-23(19-10-8-18(9-11-19)22-7-4-14-29-22)26-13-12-20(15-26)27-16-21(24-25-27)17-5-2-1-3-6-17/h1-11,14,16,20H,12-13,15H2. The van der Waals surface area contributed by atoms with Crippen molar-refractivity contribution in [1.82, 2.24) is 19.9 Å². The van der Waals surface area contributed by atoms with Crippen molar-refractivity contribution in [3.8, 4) is 21.7 Å². The molecular weight excluding hydrogens is 380 g/mol. The Morgan fingerprint density at radius 3 is 2.55 bits per heavy atom. The van der Waals surface area contributed by atoms with Gasteiger partial charge in [-0.1, -0.05) is 53.7 Å². The number of amides is 1. The SMILES string of the molecule is O=C(c1ccc(-c2cccs2)cc1)N1CCC(n2cc(-c3ccccc3)nn2)C1. The van der Waals surface area contributed by atoms with E-state index in [-0.39, 0.29) is 11.9 Å². The van der Waals surface area contributed by atoms with Gasteiger partial charge in [-0.05, 0) is 35.6 Å². The maximum Gasteiger partial charge on any atom is 0.253 e.